The van der Waals surface area contributed by atoms with Crippen molar-refractivity contribution in [1.82, 2.24) is 4.90 Å². The quantitative estimate of drug-likeness (QED) is 0.830. The van der Waals surface area contributed by atoms with Gasteiger partial charge in [0.05, 0.1) is 0 Å². The number of amides is 2. The zero-order valence-electron chi connectivity index (χ0n) is 14.6. The summed E-state index contributed by atoms with van der Waals surface area (Å²) >= 11 is 0. The average Bonchev–Trinajstić information content (AvgIpc) is 2.62. The predicted molar refractivity (Wildman–Crippen MR) is 97.0 cm³/mol. The Morgan fingerprint density at radius 1 is 1.04 bits per heavy atom. The van der Waals surface area contributed by atoms with E-state index in [1.54, 1.807) is 47.4 Å². The molecule has 0 aromatic heterocycles. The highest BCUT2D eigenvalue weighted by atomic mass is 19.1. The van der Waals surface area contributed by atoms with E-state index < -0.39 is 0 Å². The number of hydrogen-bond acceptors (Lipinski definition) is 2. The van der Waals surface area contributed by atoms with E-state index in [1.165, 1.54) is 6.07 Å². The first-order chi connectivity index (χ1) is 12.0. The van der Waals surface area contributed by atoms with Crippen LogP contribution in [0, 0.1) is 5.82 Å². The molecule has 0 saturated carbocycles. The molecule has 0 atom stereocenters. The summed E-state index contributed by atoms with van der Waals surface area (Å²) in [4.78, 5) is 26.2. The minimum Gasteiger partial charge on any atom is -0.339 e. The van der Waals surface area contributed by atoms with Crippen LogP contribution < -0.4 is 5.32 Å². The van der Waals surface area contributed by atoms with Gasteiger partial charge >= 0.3 is 0 Å². The summed E-state index contributed by atoms with van der Waals surface area (Å²) in [6.45, 7) is 5.12. The Bertz CT molecular complexity index is 742. The van der Waals surface area contributed by atoms with Crippen LogP contribution in [0.5, 0.6) is 0 Å². The third kappa shape index (κ3) is 5.14. The van der Waals surface area contributed by atoms with Gasteiger partial charge in [0.2, 0.25) is 5.91 Å². The number of nitrogens with zero attached hydrogens (tertiary/aromatic N) is 1. The number of carbonyl (C=O) groups excluding carboxylic acids is 2. The lowest BCUT2D eigenvalue weighted by Gasteiger charge is -2.19. The van der Waals surface area contributed by atoms with E-state index in [0.717, 1.165) is 0 Å². The zero-order chi connectivity index (χ0) is 18.2. The van der Waals surface area contributed by atoms with Gasteiger partial charge in [-0.15, -0.1) is 0 Å². The second-order valence-electron chi connectivity index (χ2n) is 5.70. The lowest BCUT2D eigenvalue weighted by Crippen LogP contribution is -2.30. The molecule has 0 bridgehead atoms. The molecule has 2 aromatic carbocycles. The molecule has 25 heavy (non-hydrogen) atoms. The number of anilines is 1. The first-order valence-electron chi connectivity index (χ1n) is 8.47. The smallest absolute Gasteiger partial charge is 0.253 e. The lowest BCUT2D eigenvalue weighted by molar-refractivity contribution is -0.116. The SMILES string of the molecule is CCN(CC)C(=O)c1cccc(NC(=O)CCc2ccccc2F)c1. The van der Waals surface area contributed by atoms with Gasteiger partial charge in [0.15, 0.2) is 0 Å². The van der Waals surface area contributed by atoms with Crippen LogP contribution in [0.4, 0.5) is 10.1 Å². The molecule has 0 aliphatic rings. The van der Waals surface area contributed by atoms with Crippen molar-refractivity contribution in [1.29, 1.82) is 0 Å². The van der Waals surface area contributed by atoms with E-state index in [9.17, 15) is 14.0 Å². The summed E-state index contributed by atoms with van der Waals surface area (Å²) in [6, 6.07) is 13.3. The van der Waals surface area contributed by atoms with E-state index in [1.807, 2.05) is 13.8 Å². The summed E-state index contributed by atoms with van der Waals surface area (Å²) in [6.07, 6.45) is 0.506. The van der Waals surface area contributed by atoms with Gasteiger partial charge < -0.3 is 10.2 Å². The highest BCUT2D eigenvalue weighted by Gasteiger charge is 2.13. The standard InChI is InChI=1S/C20H23FN2O2/c1-3-23(4-2)20(25)16-9-7-10-17(14-16)22-19(24)13-12-15-8-5-6-11-18(15)21/h5-11,14H,3-4,12-13H2,1-2H3,(H,22,24). The summed E-state index contributed by atoms with van der Waals surface area (Å²) in [5.41, 5.74) is 1.62. The van der Waals surface area contributed by atoms with Crippen molar-refractivity contribution >= 4 is 17.5 Å². The Morgan fingerprint density at radius 3 is 2.44 bits per heavy atom. The van der Waals surface area contributed by atoms with E-state index in [4.69, 9.17) is 0 Å². The van der Waals surface area contributed by atoms with Crippen LogP contribution >= 0.6 is 0 Å². The van der Waals surface area contributed by atoms with Gasteiger partial charge in [-0.3, -0.25) is 9.59 Å². The van der Waals surface area contributed by atoms with E-state index in [-0.39, 0.29) is 24.1 Å². The molecule has 132 valence electrons. The number of halogens is 1. The number of rotatable bonds is 7. The van der Waals surface area contributed by atoms with E-state index in [2.05, 4.69) is 5.32 Å². The van der Waals surface area contributed by atoms with Crippen molar-refractivity contribution in [2.75, 3.05) is 18.4 Å². The van der Waals surface area contributed by atoms with Crippen LogP contribution in [-0.4, -0.2) is 29.8 Å². The molecular formula is C20H23FN2O2. The van der Waals surface area contributed by atoms with Gasteiger partial charge in [-0.2, -0.15) is 0 Å². The number of nitrogens with one attached hydrogen (secondary N) is 1. The van der Waals surface area contributed by atoms with Gasteiger partial charge in [0.25, 0.3) is 5.91 Å². The molecule has 5 heteroatoms. The van der Waals surface area contributed by atoms with Crippen molar-refractivity contribution in [2.45, 2.75) is 26.7 Å². The number of aryl methyl sites for hydroxylation is 1. The van der Waals surface area contributed by atoms with Crippen LogP contribution in [0.3, 0.4) is 0 Å². The molecular weight excluding hydrogens is 319 g/mol. The highest BCUT2D eigenvalue weighted by molar-refractivity contribution is 5.97. The first-order valence-corrected chi connectivity index (χ1v) is 8.47. The predicted octanol–water partition coefficient (Wildman–Crippen LogP) is 3.88. The molecule has 4 nitrogen and oxygen atoms in total. The molecule has 0 aliphatic carbocycles. The maximum Gasteiger partial charge on any atom is 0.253 e. The minimum absolute atomic E-state index is 0.0625. The van der Waals surface area contributed by atoms with Crippen LogP contribution in [0.25, 0.3) is 0 Å². The molecule has 2 aromatic rings. The molecule has 0 saturated heterocycles. The van der Waals surface area contributed by atoms with Crippen molar-refractivity contribution in [3.63, 3.8) is 0 Å². The molecule has 0 heterocycles. The molecule has 0 aliphatic heterocycles. The Hall–Kier alpha value is -2.69. The van der Waals surface area contributed by atoms with Crippen LogP contribution in [-0.2, 0) is 11.2 Å². The van der Waals surface area contributed by atoms with Gasteiger partial charge in [0, 0.05) is 30.8 Å². The van der Waals surface area contributed by atoms with Crippen molar-refractivity contribution in [3.05, 3.63) is 65.5 Å². The van der Waals surface area contributed by atoms with Crippen LogP contribution in [0.1, 0.15) is 36.2 Å². The third-order valence-corrected chi connectivity index (χ3v) is 4.02. The Balaban J connectivity index is 1.98. The average molecular weight is 342 g/mol. The van der Waals surface area contributed by atoms with Crippen LogP contribution in [0.15, 0.2) is 48.5 Å². The lowest BCUT2D eigenvalue weighted by atomic mass is 10.1. The minimum atomic E-state index is -0.304. The first kappa shape index (κ1) is 18.6. The molecule has 2 rings (SSSR count). The molecule has 1 N–H and O–H groups in total. The second kappa shape index (κ2) is 8.97. The molecule has 0 radical (unpaired) electrons. The van der Waals surface area contributed by atoms with Gasteiger partial charge in [-0.25, -0.2) is 4.39 Å². The summed E-state index contributed by atoms with van der Waals surface area (Å²) in [5, 5.41) is 2.77. The van der Waals surface area contributed by atoms with Gasteiger partial charge in [-0.05, 0) is 50.1 Å². The number of benzene rings is 2. The monoisotopic (exact) mass is 342 g/mol. The molecule has 2 amide bonds. The largest absolute Gasteiger partial charge is 0.339 e. The fraction of sp³-hybridized carbons (Fsp3) is 0.300. The van der Waals surface area contributed by atoms with Crippen molar-refractivity contribution in [2.24, 2.45) is 0 Å². The van der Waals surface area contributed by atoms with Crippen molar-refractivity contribution < 1.29 is 14.0 Å². The normalized spacial score (nSPS) is 10.4. The molecule has 0 unspecified atom stereocenters. The maximum atomic E-state index is 13.6. The number of carbonyl (C=O) groups is 2. The Morgan fingerprint density at radius 2 is 1.76 bits per heavy atom. The van der Waals surface area contributed by atoms with Gasteiger partial charge in [-0.1, -0.05) is 24.3 Å². The topological polar surface area (TPSA) is 49.4 Å². The zero-order valence-corrected chi connectivity index (χ0v) is 14.6. The highest BCUT2D eigenvalue weighted by Crippen LogP contribution is 2.14. The number of hydrogen-bond donors (Lipinski definition) is 1. The third-order valence-electron chi connectivity index (χ3n) is 4.02. The maximum absolute atomic E-state index is 13.6. The van der Waals surface area contributed by atoms with Crippen molar-refractivity contribution in [3.8, 4) is 0 Å². The van der Waals surface area contributed by atoms with Crippen LogP contribution in [0.2, 0.25) is 0 Å². The summed E-state index contributed by atoms with van der Waals surface area (Å²) < 4.78 is 13.6. The second-order valence-corrected chi connectivity index (χ2v) is 5.70. The van der Waals surface area contributed by atoms with E-state index in [0.29, 0.717) is 36.3 Å². The van der Waals surface area contributed by atoms with E-state index >= 15 is 0 Å². The molecule has 0 spiro atoms. The summed E-state index contributed by atoms with van der Waals surface area (Å²) in [7, 11) is 0. The summed E-state index contributed by atoms with van der Waals surface area (Å²) in [5.74, 6) is -0.578. The Kier molecular flexibility index (Phi) is 6.69. The molecule has 0 fully saturated rings. The fourth-order valence-electron chi connectivity index (χ4n) is 2.60. The fourth-order valence-corrected chi connectivity index (χ4v) is 2.60. The van der Waals surface area contributed by atoms with Gasteiger partial charge in [0.1, 0.15) is 5.82 Å². The Labute approximate surface area is 147 Å².